The number of ether oxygens (including phenoxy) is 2. The highest BCUT2D eigenvalue weighted by Gasteiger charge is 2.76. The molecule has 0 spiro atoms. The van der Waals surface area contributed by atoms with Crippen molar-refractivity contribution in [2.75, 3.05) is 19.6 Å². The molecular formula is C28H43NO6. The molecule has 4 rings (SSSR count). The maximum Gasteiger partial charge on any atom is 0.320 e. The summed E-state index contributed by atoms with van der Waals surface area (Å²) in [6, 6.07) is 0. The van der Waals surface area contributed by atoms with Gasteiger partial charge in [-0.15, -0.1) is 6.58 Å². The van der Waals surface area contributed by atoms with Gasteiger partial charge in [0.2, 0.25) is 0 Å². The molecule has 0 aromatic heterocycles. The van der Waals surface area contributed by atoms with Crippen LogP contribution in [0.1, 0.15) is 73.6 Å². The van der Waals surface area contributed by atoms with E-state index in [0.717, 1.165) is 31.5 Å². The van der Waals surface area contributed by atoms with Gasteiger partial charge in [0, 0.05) is 13.0 Å². The summed E-state index contributed by atoms with van der Waals surface area (Å²) in [5.74, 6) is -0.317. The predicted octanol–water partition coefficient (Wildman–Crippen LogP) is 3.18. The second-order valence-corrected chi connectivity index (χ2v) is 12.7. The maximum atomic E-state index is 13.9. The summed E-state index contributed by atoms with van der Waals surface area (Å²) < 4.78 is 12.6. The maximum absolute atomic E-state index is 13.9. The van der Waals surface area contributed by atoms with Gasteiger partial charge in [0.15, 0.2) is 17.5 Å². The SMILES string of the molecule is C=C[C@@]1(C)CC(=O)[C@@]2(O)[C@](C)(O1)[C@@H](OC(=O)CN1CCCC(C)C1)C=C1C(C)(C)CC[C@H](O)[C@@]12C. The van der Waals surface area contributed by atoms with Crippen LogP contribution in [0.25, 0.3) is 0 Å². The molecule has 7 atom stereocenters. The first-order chi connectivity index (χ1) is 16.1. The van der Waals surface area contributed by atoms with Crippen molar-refractivity contribution >= 4 is 11.8 Å². The zero-order valence-corrected chi connectivity index (χ0v) is 22.2. The smallest absolute Gasteiger partial charge is 0.320 e. The van der Waals surface area contributed by atoms with Gasteiger partial charge in [-0.25, -0.2) is 0 Å². The number of carbonyl (C=O) groups is 2. The molecule has 0 bridgehead atoms. The normalized spacial score (nSPS) is 45.7. The Hall–Kier alpha value is -1.54. The monoisotopic (exact) mass is 489 g/mol. The summed E-state index contributed by atoms with van der Waals surface area (Å²) in [6.07, 6.45) is 4.71. The van der Waals surface area contributed by atoms with Crippen molar-refractivity contribution in [2.24, 2.45) is 16.7 Å². The number of nitrogens with zero attached hydrogens (tertiary/aromatic N) is 1. The minimum absolute atomic E-state index is 0.0784. The topological polar surface area (TPSA) is 96.3 Å². The van der Waals surface area contributed by atoms with Gasteiger partial charge in [-0.3, -0.25) is 14.5 Å². The molecule has 2 heterocycles. The standard InChI is InChI=1S/C28H43NO6/c1-8-25(5)15-21(31)28(33)26(6)19(24(3,4)12-11-20(26)30)14-22(27(28,7)35-25)34-23(32)17-29-13-9-10-18(2)16-29/h8,14,18,20,22,30,33H,1,9-13,15-17H2,2-7H3/t18?,20-,22-,25-,26+,27+,28-/m0/s1. The first kappa shape index (κ1) is 26.5. The van der Waals surface area contributed by atoms with E-state index in [1.165, 1.54) is 0 Å². The zero-order valence-electron chi connectivity index (χ0n) is 22.2. The van der Waals surface area contributed by atoms with Crippen LogP contribution in [0.2, 0.25) is 0 Å². The van der Waals surface area contributed by atoms with Crippen LogP contribution in [0.4, 0.5) is 0 Å². The first-order valence-electron chi connectivity index (χ1n) is 13.0. The molecule has 35 heavy (non-hydrogen) atoms. The third-order valence-electron chi connectivity index (χ3n) is 9.47. The van der Waals surface area contributed by atoms with Crippen molar-refractivity contribution in [3.63, 3.8) is 0 Å². The highest BCUT2D eigenvalue weighted by molar-refractivity contribution is 5.93. The third kappa shape index (κ3) is 3.85. The van der Waals surface area contributed by atoms with Crippen LogP contribution in [-0.2, 0) is 19.1 Å². The van der Waals surface area contributed by atoms with Gasteiger partial charge in [0.05, 0.1) is 23.7 Å². The van der Waals surface area contributed by atoms with Gasteiger partial charge in [0.1, 0.15) is 5.60 Å². The number of piperidine rings is 1. The molecule has 0 radical (unpaired) electrons. The van der Waals surface area contributed by atoms with Crippen molar-refractivity contribution in [1.29, 1.82) is 0 Å². The fourth-order valence-corrected chi connectivity index (χ4v) is 7.39. The van der Waals surface area contributed by atoms with E-state index in [0.29, 0.717) is 18.8 Å². The predicted molar refractivity (Wildman–Crippen MR) is 133 cm³/mol. The molecule has 2 N–H and O–H groups in total. The summed E-state index contributed by atoms with van der Waals surface area (Å²) in [4.78, 5) is 29.2. The molecule has 4 aliphatic rings. The van der Waals surface area contributed by atoms with Crippen LogP contribution >= 0.6 is 0 Å². The van der Waals surface area contributed by atoms with E-state index < -0.39 is 51.6 Å². The van der Waals surface area contributed by atoms with E-state index in [1.54, 1.807) is 26.8 Å². The third-order valence-corrected chi connectivity index (χ3v) is 9.47. The van der Waals surface area contributed by atoms with Gasteiger partial charge >= 0.3 is 5.97 Å². The molecule has 7 nitrogen and oxygen atoms in total. The zero-order chi connectivity index (χ0) is 26.0. The van der Waals surface area contributed by atoms with Crippen LogP contribution in [0.15, 0.2) is 24.3 Å². The molecule has 2 aliphatic carbocycles. The van der Waals surface area contributed by atoms with Crippen LogP contribution < -0.4 is 0 Å². The molecule has 2 saturated heterocycles. The minimum atomic E-state index is -2.09. The Bertz CT molecular complexity index is 944. The number of fused-ring (bicyclic) bond motifs is 3. The van der Waals surface area contributed by atoms with Gasteiger partial charge in [-0.2, -0.15) is 0 Å². The number of aliphatic hydroxyl groups excluding tert-OH is 1. The van der Waals surface area contributed by atoms with Gasteiger partial charge in [0.25, 0.3) is 0 Å². The number of hydrogen-bond acceptors (Lipinski definition) is 7. The number of ketones is 1. The van der Waals surface area contributed by atoms with Crippen LogP contribution in [0, 0.1) is 16.7 Å². The van der Waals surface area contributed by atoms with Crippen molar-refractivity contribution in [3.05, 3.63) is 24.3 Å². The molecule has 0 aromatic rings. The highest BCUT2D eigenvalue weighted by Crippen LogP contribution is 2.64. The van der Waals surface area contributed by atoms with Gasteiger partial charge in [-0.05, 0) is 70.4 Å². The molecule has 7 heteroatoms. The summed E-state index contributed by atoms with van der Waals surface area (Å²) in [5, 5.41) is 23.7. The largest absolute Gasteiger partial charge is 0.454 e. The summed E-state index contributed by atoms with van der Waals surface area (Å²) in [5.41, 5.74) is -5.68. The molecule has 1 saturated carbocycles. The first-order valence-corrected chi connectivity index (χ1v) is 13.0. The van der Waals surface area contributed by atoms with Crippen molar-refractivity contribution in [3.8, 4) is 0 Å². The molecule has 2 aliphatic heterocycles. The minimum Gasteiger partial charge on any atom is -0.454 e. The molecule has 196 valence electrons. The van der Waals surface area contributed by atoms with Crippen molar-refractivity contribution in [1.82, 2.24) is 4.90 Å². The number of likely N-dealkylation sites (tertiary alicyclic amines) is 1. The lowest BCUT2D eigenvalue weighted by molar-refractivity contribution is -0.305. The Labute approximate surface area is 209 Å². The second kappa shape index (κ2) is 8.51. The van der Waals surface area contributed by atoms with Crippen LogP contribution in [0.3, 0.4) is 0 Å². The van der Waals surface area contributed by atoms with E-state index in [1.807, 2.05) is 19.9 Å². The fraction of sp³-hybridized carbons (Fsp3) is 0.786. The number of Topliss-reactive ketones (excluding diaryl/α,β-unsaturated/α-hetero) is 1. The van der Waals surface area contributed by atoms with E-state index in [-0.39, 0.29) is 13.0 Å². The number of rotatable bonds is 4. The Morgan fingerprint density at radius 1 is 1.29 bits per heavy atom. The van der Waals surface area contributed by atoms with E-state index in [4.69, 9.17) is 9.47 Å². The van der Waals surface area contributed by atoms with E-state index >= 15 is 0 Å². The lowest BCUT2D eigenvalue weighted by Crippen LogP contribution is -2.81. The Morgan fingerprint density at radius 2 is 1.97 bits per heavy atom. The summed E-state index contributed by atoms with van der Waals surface area (Å²) in [7, 11) is 0. The highest BCUT2D eigenvalue weighted by atomic mass is 16.6. The van der Waals surface area contributed by atoms with Crippen LogP contribution in [0.5, 0.6) is 0 Å². The fourth-order valence-electron chi connectivity index (χ4n) is 7.39. The van der Waals surface area contributed by atoms with Crippen LogP contribution in [-0.4, -0.2) is 75.5 Å². The Balaban J connectivity index is 1.79. The number of hydrogen-bond donors (Lipinski definition) is 2. The van der Waals surface area contributed by atoms with E-state index in [9.17, 15) is 19.8 Å². The quantitative estimate of drug-likeness (QED) is 0.462. The molecule has 0 amide bonds. The van der Waals surface area contributed by atoms with Crippen molar-refractivity contribution < 1.29 is 29.3 Å². The number of esters is 1. The average molecular weight is 490 g/mol. The molecule has 3 fully saturated rings. The Morgan fingerprint density at radius 3 is 2.60 bits per heavy atom. The summed E-state index contributed by atoms with van der Waals surface area (Å²) in [6.45, 7) is 17.1. The van der Waals surface area contributed by atoms with E-state index in [2.05, 4.69) is 18.4 Å². The lowest BCUT2D eigenvalue weighted by Gasteiger charge is -2.66. The van der Waals surface area contributed by atoms with Crippen molar-refractivity contribution in [2.45, 2.75) is 103 Å². The van der Waals surface area contributed by atoms with Gasteiger partial charge in [-0.1, -0.05) is 32.4 Å². The number of aliphatic hydroxyl groups is 2. The molecule has 1 unspecified atom stereocenters. The molecular weight excluding hydrogens is 446 g/mol. The van der Waals surface area contributed by atoms with Gasteiger partial charge < -0.3 is 19.7 Å². The molecule has 0 aromatic carbocycles. The average Bonchev–Trinajstić information content (AvgIpc) is 2.76. The lowest BCUT2D eigenvalue weighted by atomic mass is 9.44. The Kier molecular flexibility index (Phi) is 6.44. The second-order valence-electron chi connectivity index (χ2n) is 12.7. The number of carbonyl (C=O) groups excluding carboxylic acids is 2. The summed E-state index contributed by atoms with van der Waals surface area (Å²) >= 11 is 0.